The van der Waals surface area contributed by atoms with Gasteiger partial charge in [0.15, 0.2) is 0 Å². The van der Waals surface area contributed by atoms with Gasteiger partial charge in [0.25, 0.3) is 0 Å². The number of unbranched alkanes of at least 4 members (excludes halogenated alkanes) is 12. The van der Waals surface area contributed by atoms with Crippen LogP contribution in [0.25, 0.3) is 0 Å². The highest BCUT2D eigenvalue weighted by Crippen LogP contribution is 2.19. The molecule has 0 aliphatic rings. The highest BCUT2D eigenvalue weighted by molar-refractivity contribution is 5.83. The smallest absolute Gasteiger partial charge is 0.321 e. The first-order valence-corrected chi connectivity index (χ1v) is 14.4. The lowest BCUT2D eigenvalue weighted by Crippen LogP contribution is -2.50. The van der Waals surface area contributed by atoms with Gasteiger partial charge in [-0.25, -0.2) is 0 Å². The third-order valence-corrected chi connectivity index (χ3v) is 6.68. The average molecular weight is 487 g/mol. The van der Waals surface area contributed by atoms with Gasteiger partial charge in [-0.3, -0.25) is 9.59 Å². The van der Waals surface area contributed by atoms with E-state index in [4.69, 9.17) is 10.8 Å². The third-order valence-electron chi connectivity index (χ3n) is 6.68. The monoisotopic (exact) mass is 486 g/mol. The van der Waals surface area contributed by atoms with Crippen LogP contribution in [-0.4, -0.2) is 53.7 Å². The number of nitrogens with zero attached hydrogens (tertiary/aromatic N) is 1. The lowest BCUT2D eigenvalue weighted by molar-refractivity contribution is -0.929. The fraction of sp³-hybridized carbons (Fsp3) is 0.929. The maximum absolute atomic E-state index is 9.99. The Morgan fingerprint density at radius 3 is 1.09 bits per heavy atom. The van der Waals surface area contributed by atoms with Crippen molar-refractivity contribution in [2.75, 3.05) is 26.2 Å². The first-order chi connectivity index (χ1) is 16.3. The van der Waals surface area contributed by atoms with Crippen molar-refractivity contribution in [1.29, 1.82) is 0 Å². The number of hydrogen-bond acceptors (Lipinski definition) is 3. The molecule has 6 nitrogen and oxygen atoms in total. The molecule has 0 bridgehead atoms. The number of carbonyl (C=O) groups excluding carboxylic acids is 1. The second-order valence-corrected chi connectivity index (χ2v) is 10.1. The Morgan fingerprint density at radius 2 is 0.912 bits per heavy atom. The summed E-state index contributed by atoms with van der Waals surface area (Å²) in [6, 6.07) is -1.16. The summed E-state index contributed by atoms with van der Waals surface area (Å²) < 4.78 is 1.46. The molecule has 0 spiro atoms. The normalized spacial score (nSPS) is 12.1. The van der Waals surface area contributed by atoms with Gasteiger partial charge in [0.2, 0.25) is 5.91 Å². The molecule has 6 heteroatoms. The Hall–Kier alpha value is -1.14. The molecule has 0 radical (unpaired) electrons. The molecule has 0 aliphatic carbocycles. The van der Waals surface area contributed by atoms with Crippen LogP contribution in [0.3, 0.4) is 0 Å². The van der Waals surface area contributed by atoms with Crippen LogP contribution < -0.4 is 11.5 Å². The molecule has 34 heavy (non-hydrogen) atoms. The maximum atomic E-state index is 9.99. The summed E-state index contributed by atoms with van der Waals surface area (Å²) in [6.07, 6.45) is 22.5. The molecule has 0 aromatic heterocycles. The number of carboxylic acids is 1. The van der Waals surface area contributed by atoms with Crippen molar-refractivity contribution in [2.24, 2.45) is 11.5 Å². The van der Waals surface area contributed by atoms with Crippen LogP contribution in [0, 0.1) is 0 Å². The maximum Gasteiger partial charge on any atom is 0.321 e. The number of carbonyl (C=O) groups is 2. The molecule has 1 atom stereocenters. The fourth-order valence-electron chi connectivity index (χ4n) is 4.47. The molecule has 0 saturated heterocycles. The molecule has 204 valence electrons. The minimum absolute atomic E-state index is 0.310. The number of rotatable bonds is 23. The van der Waals surface area contributed by atoms with E-state index in [0.717, 1.165) is 0 Å². The van der Waals surface area contributed by atoms with Crippen molar-refractivity contribution >= 4 is 11.9 Å². The van der Waals surface area contributed by atoms with E-state index in [-0.39, 0.29) is 6.42 Å². The predicted octanol–water partition coefficient (Wildman–Crippen LogP) is 6.40. The van der Waals surface area contributed by atoms with Crippen molar-refractivity contribution < 1.29 is 19.2 Å². The largest absolute Gasteiger partial charge is 0.480 e. The zero-order valence-corrected chi connectivity index (χ0v) is 23.3. The summed E-state index contributed by atoms with van der Waals surface area (Å²) in [6.45, 7) is 15.2. The summed E-state index contributed by atoms with van der Waals surface area (Å²) in [5, 5.41) is 8.10. The molecule has 0 aromatic rings. The van der Waals surface area contributed by atoms with Gasteiger partial charge in [-0.15, -0.1) is 0 Å². The van der Waals surface area contributed by atoms with E-state index in [1.54, 1.807) is 0 Å². The Labute approximate surface area is 211 Å². The summed E-state index contributed by atoms with van der Waals surface area (Å²) in [4.78, 5) is 19.9. The number of quaternary nitrogens is 1. The van der Waals surface area contributed by atoms with Crippen molar-refractivity contribution in [1.82, 2.24) is 0 Å². The van der Waals surface area contributed by atoms with Crippen LogP contribution in [0.4, 0.5) is 0 Å². The SMILES string of the molecule is CCCCCC[N+](CCCCCC)(CCCCCC)CCCCCC.NC(=O)CC(N)C(=O)O. The van der Waals surface area contributed by atoms with Gasteiger partial charge in [0, 0.05) is 0 Å². The van der Waals surface area contributed by atoms with Crippen LogP contribution in [0.1, 0.15) is 137 Å². The fourth-order valence-corrected chi connectivity index (χ4v) is 4.47. The summed E-state index contributed by atoms with van der Waals surface area (Å²) in [7, 11) is 0. The van der Waals surface area contributed by atoms with Gasteiger partial charge in [-0.1, -0.05) is 79.1 Å². The van der Waals surface area contributed by atoms with Crippen LogP contribution in [0.2, 0.25) is 0 Å². The number of hydrogen-bond donors (Lipinski definition) is 3. The number of primary amides is 1. The van der Waals surface area contributed by atoms with Gasteiger partial charge in [-0.05, 0) is 51.4 Å². The van der Waals surface area contributed by atoms with Crippen LogP contribution in [0.15, 0.2) is 0 Å². The second-order valence-electron chi connectivity index (χ2n) is 10.1. The first-order valence-electron chi connectivity index (χ1n) is 14.4. The third kappa shape index (κ3) is 22.6. The van der Waals surface area contributed by atoms with E-state index >= 15 is 0 Å². The van der Waals surface area contributed by atoms with Crippen molar-refractivity contribution in [3.8, 4) is 0 Å². The average Bonchev–Trinajstić information content (AvgIpc) is 2.80. The summed E-state index contributed by atoms with van der Waals surface area (Å²) in [5.74, 6) is -1.92. The minimum atomic E-state index is -1.21. The molecule has 5 N–H and O–H groups in total. The Balaban J connectivity index is 0. The van der Waals surface area contributed by atoms with E-state index in [1.165, 1.54) is 133 Å². The van der Waals surface area contributed by atoms with Gasteiger partial charge in [-0.2, -0.15) is 0 Å². The molecule has 1 amide bonds. The molecular formula is C28H60N3O3+. The molecule has 1 unspecified atom stereocenters. The first kappa shape index (κ1) is 35.0. The Morgan fingerprint density at radius 1 is 0.618 bits per heavy atom. The number of nitrogens with two attached hydrogens (primary N) is 2. The molecular weight excluding hydrogens is 426 g/mol. The highest BCUT2D eigenvalue weighted by atomic mass is 16.4. The molecule has 0 aliphatic heterocycles. The van der Waals surface area contributed by atoms with E-state index in [9.17, 15) is 9.59 Å². The lowest BCUT2D eigenvalue weighted by Gasteiger charge is -2.39. The Kier molecular flexibility index (Phi) is 25.7. The van der Waals surface area contributed by atoms with E-state index in [0.29, 0.717) is 0 Å². The van der Waals surface area contributed by atoms with Crippen LogP contribution >= 0.6 is 0 Å². The van der Waals surface area contributed by atoms with Crippen LogP contribution in [0.5, 0.6) is 0 Å². The van der Waals surface area contributed by atoms with Gasteiger partial charge in [0.05, 0.1) is 32.6 Å². The van der Waals surface area contributed by atoms with Gasteiger partial charge >= 0.3 is 5.97 Å². The van der Waals surface area contributed by atoms with E-state index < -0.39 is 17.9 Å². The quantitative estimate of drug-likeness (QED) is 0.115. The van der Waals surface area contributed by atoms with Gasteiger partial charge < -0.3 is 21.1 Å². The Bertz CT molecular complexity index is 418. The lowest BCUT2D eigenvalue weighted by atomic mass is 10.1. The highest BCUT2D eigenvalue weighted by Gasteiger charge is 2.25. The standard InChI is InChI=1S/C24H52N.C4H8N2O3/c1-5-9-13-17-21-25(22-18-14-10-6-2,23-19-15-11-7-3)24-20-16-12-8-4;5-2(4(8)9)1-3(6)7/h5-24H2,1-4H3;2H,1,5H2,(H2,6,7)(H,8,9)/q+1;. The molecule has 0 saturated carbocycles. The molecule has 0 heterocycles. The number of aliphatic carboxylic acids is 1. The van der Waals surface area contributed by atoms with Crippen molar-refractivity contribution in [2.45, 2.75) is 143 Å². The molecule has 0 rings (SSSR count). The summed E-state index contributed by atoms with van der Waals surface area (Å²) >= 11 is 0. The summed E-state index contributed by atoms with van der Waals surface area (Å²) in [5.41, 5.74) is 9.57. The molecule has 0 fully saturated rings. The number of carboxylic acid groups (broad SMARTS) is 1. The van der Waals surface area contributed by atoms with Crippen molar-refractivity contribution in [3.63, 3.8) is 0 Å². The minimum Gasteiger partial charge on any atom is -0.480 e. The zero-order chi connectivity index (χ0) is 26.1. The van der Waals surface area contributed by atoms with Crippen LogP contribution in [-0.2, 0) is 9.59 Å². The molecule has 0 aromatic carbocycles. The predicted molar refractivity (Wildman–Crippen MR) is 146 cm³/mol. The number of amides is 1. The van der Waals surface area contributed by atoms with Gasteiger partial charge in [0.1, 0.15) is 6.04 Å². The van der Waals surface area contributed by atoms with Crippen molar-refractivity contribution in [3.05, 3.63) is 0 Å². The van der Waals surface area contributed by atoms with E-state index in [1.807, 2.05) is 0 Å². The van der Waals surface area contributed by atoms with E-state index in [2.05, 4.69) is 33.4 Å². The second kappa shape index (κ2) is 25.0. The zero-order valence-electron chi connectivity index (χ0n) is 23.3. The topological polar surface area (TPSA) is 106 Å².